The quantitative estimate of drug-likeness (QED) is 0.662. The molecule has 0 unspecified atom stereocenters. The molecule has 1 aromatic heterocycles. The molecule has 1 heterocycles. The number of rotatable bonds is 5. The molecule has 0 aliphatic rings. The van der Waals surface area contributed by atoms with Crippen LogP contribution in [0.5, 0.6) is 0 Å². The second kappa shape index (κ2) is 7.92. The fourth-order valence-corrected chi connectivity index (χ4v) is 4.05. The van der Waals surface area contributed by atoms with Crippen molar-refractivity contribution >= 4 is 21.6 Å². The molecule has 30 heavy (non-hydrogen) atoms. The summed E-state index contributed by atoms with van der Waals surface area (Å²) in [4.78, 5) is 12.8. The zero-order chi connectivity index (χ0) is 22.2. The van der Waals surface area contributed by atoms with Crippen molar-refractivity contribution in [2.75, 3.05) is 19.4 Å². The average Bonchev–Trinajstić information content (AvgIpc) is 3.11. The summed E-state index contributed by atoms with van der Waals surface area (Å²) >= 11 is 0. The molecular weight excluding hydrogens is 411 g/mol. The Morgan fingerprint density at radius 1 is 1.13 bits per heavy atom. The lowest BCUT2D eigenvalue weighted by Gasteiger charge is -2.17. The maximum Gasteiger partial charge on any atom is 0.255 e. The fourth-order valence-electron chi connectivity index (χ4n) is 2.83. The van der Waals surface area contributed by atoms with E-state index in [9.17, 15) is 17.6 Å². The number of nitrogens with one attached hydrogen (secondary N) is 1. The zero-order valence-electron chi connectivity index (χ0n) is 17.1. The molecule has 0 saturated heterocycles. The molecule has 0 spiro atoms. The molecule has 0 atom stereocenters. The Balaban J connectivity index is 1.99. The van der Waals surface area contributed by atoms with Crippen LogP contribution >= 0.6 is 0 Å². The number of hydrogen-bond acceptors (Lipinski definition) is 6. The lowest BCUT2D eigenvalue weighted by atomic mass is 10.1. The van der Waals surface area contributed by atoms with Crippen molar-refractivity contribution in [1.29, 1.82) is 0 Å². The van der Waals surface area contributed by atoms with E-state index < -0.39 is 21.7 Å². The third-order valence-electron chi connectivity index (χ3n) is 4.71. The van der Waals surface area contributed by atoms with E-state index in [1.807, 2.05) is 0 Å². The van der Waals surface area contributed by atoms with E-state index in [2.05, 4.69) is 20.8 Å². The van der Waals surface area contributed by atoms with Gasteiger partial charge < -0.3 is 5.32 Å². The van der Waals surface area contributed by atoms with Crippen LogP contribution in [0.2, 0.25) is 0 Å². The van der Waals surface area contributed by atoms with Crippen molar-refractivity contribution in [3.8, 4) is 5.69 Å². The summed E-state index contributed by atoms with van der Waals surface area (Å²) in [5.41, 5.74) is 1.65. The first kappa shape index (κ1) is 21.5. The average molecular weight is 432 g/mol. The van der Waals surface area contributed by atoms with Crippen molar-refractivity contribution in [2.45, 2.75) is 25.7 Å². The van der Waals surface area contributed by atoms with Gasteiger partial charge in [0, 0.05) is 19.7 Å². The maximum atomic E-state index is 14.3. The number of halogens is 1. The van der Waals surface area contributed by atoms with Gasteiger partial charge in [-0.25, -0.2) is 17.1 Å². The van der Waals surface area contributed by atoms with E-state index in [1.54, 1.807) is 26.8 Å². The molecule has 9 nitrogen and oxygen atoms in total. The Morgan fingerprint density at radius 3 is 2.43 bits per heavy atom. The number of hydrogen-bond donors (Lipinski definition) is 1. The van der Waals surface area contributed by atoms with Crippen molar-refractivity contribution in [1.82, 2.24) is 24.5 Å². The number of sulfonamides is 1. The smallest absolute Gasteiger partial charge is 0.255 e. The van der Waals surface area contributed by atoms with Crippen LogP contribution in [0.4, 0.5) is 10.1 Å². The van der Waals surface area contributed by atoms with Gasteiger partial charge >= 0.3 is 0 Å². The summed E-state index contributed by atoms with van der Waals surface area (Å²) in [6, 6.07) is 6.92. The first-order valence-corrected chi connectivity index (χ1v) is 10.4. The minimum atomic E-state index is -3.75. The number of aryl methyl sites for hydroxylation is 2. The molecule has 1 amide bonds. The van der Waals surface area contributed by atoms with Crippen LogP contribution in [0.3, 0.4) is 0 Å². The standard InChI is InChI=1S/C19H21FN6O3S/c1-11-8-14(9-18(12(11)2)30(28,29)25(4)5)19(27)21-17-10-15(6-7-16(17)20)26-13(3)22-23-24-26/h6-10H,1-5H3,(H,21,27). The minimum absolute atomic E-state index is 0.0242. The van der Waals surface area contributed by atoms with Gasteiger partial charge in [-0.05, 0) is 72.7 Å². The Hall–Kier alpha value is -3.18. The number of amides is 1. The van der Waals surface area contributed by atoms with Gasteiger partial charge in [0.05, 0.1) is 16.3 Å². The molecule has 1 N–H and O–H groups in total. The van der Waals surface area contributed by atoms with Crippen molar-refractivity contribution in [3.63, 3.8) is 0 Å². The van der Waals surface area contributed by atoms with Crippen LogP contribution < -0.4 is 5.32 Å². The number of carbonyl (C=O) groups excluding carboxylic acids is 1. The van der Waals surface area contributed by atoms with E-state index in [1.165, 1.54) is 43.0 Å². The highest BCUT2D eigenvalue weighted by atomic mass is 32.2. The Labute approximate surface area is 173 Å². The van der Waals surface area contributed by atoms with Crippen molar-refractivity contribution in [3.05, 3.63) is 58.7 Å². The molecule has 0 aliphatic heterocycles. The highest BCUT2D eigenvalue weighted by Crippen LogP contribution is 2.25. The van der Waals surface area contributed by atoms with Gasteiger partial charge in [0.2, 0.25) is 10.0 Å². The van der Waals surface area contributed by atoms with E-state index in [-0.39, 0.29) is 16.1 Å². The third kappa shape index (κ3) is 3.94. The highest BCUT2D eigenvalue weighted by Gasteiger charge is 2.23. The van der Waals surface area contributed by atoms with E-state index >= 15 is 0 Å². The van der Waals surface area contributed by atoms with Crippen LogP contribution in [0, 0.1) is 26.6 Å². The Bertz CT molecular complexity index is 1240. The molecule has 0 fully saturated rings. The summed E-state index contributed by atoms with van der Waals surface area (Å²) in [5.74, 6) is -0.799. The lowest BCUT2D eigenvalue weighted by Crippen LogP contribution is -2.24. The molecule has 2 aromatic carbocycles. The minimum Gasteiger partial charge on any atom is -0.319 e. The van der Waals surface area contributed by atoms with Gasteiger partial charge in [-0.15, -0.1) is 5.10 Å². The zero-order valence-corrected chi connectivity index (χ0v) is 18.0. The first-order valence-electron chi connectivity index (χ1n) is 8.92. The summed E-state index contributed by atoms with van der Waals surface area (Å²) in [7, 11) is -0.924. The maximum absolute atomic E-state index is 14.3. The number of benzene rings is 2. The van der Waals surface area contributed by atoms with Gasteiger partial charge in [-0.1, -0.05) is 0 Å². The molecule has 0 bridgehead atoms. The van der Waals surface area contributed by atoms with Crippen molar-refractivity contribution < 1.29 is 17.6 Å². The van der Waals surface area contributed by atoms with Crippen LogP contribution in [0.1, 0.15) is 27.3 Å². The predicted octanol–water partition coefficient (Wildman–Crippen LogP) is 2.23. The predicted molar refractivity (Wildman–Crippen MR) is 109 cm³/mol. The first-order chi connectivity index (χ1) is 14.0. The summed E-state index contributed by atoms with van der Waals surface area (Å²) < 4.78 is 42.0. The molecule has 0 aliphatic carbocycles. The van der Waals surface area contributed by atoms with Crippen molar-refractivity contribution in [2.24, 2.45) is 0 Å². The second-order valence-electron chi connectivity index (χ2n) is 6.96. The second-order valence-corrected chi connectivity index (χ2v) is 9.08. The molecule has 3 aromatic rings. The van der Waals surface area contributed by atoms with Crippen LogP contribution in [0.25, 0.3) is 5.69 Å². The molecule has 0 radical (unpaired) electrons. The molecule has 0 saturated carbocycles. The summed E-state index contributed by atoms with van der Waals surface area (Å²) in [5, 5.41) is 13.6. The monoisotopic (exact) mass is 432 g/mol. The molecule has 3 rings (SSSR count). The number of anilines is 1. The van der Waals surface area contributed by atoms with Crippen LogP contribution in [-0.4, -0.2) is 52.9 Å². The lowest BCUT2D eigenvalue weighted by molar-refractivity contribution is 0.102. The van der Waals surface area contributed by atoms with Gasteiger partial charge in [0.15, 0.2) is 5.82 Å². The Morgan fingerprint density at radius 2 is 1.83 bits per heavy atom. The van der Waals surface area contributed by atoms with E-state index in [0.29, 0.717) is 22.6 Å². The topological polar surface area (TPSA) is 110 Å². The third-order valence-corrected chi connectivity index (χ3v) is 6.65. The van der Waals surface area contributed by atoms with Crippen LogP contribution in [-0.2, 0) is 10.0 Å². The molecule has 158 valence electrons. The van der Waals surface area contributed by atoms with Crippen LogP contribution in [0.15, 0.2) is 35.2 Å². The number of aromatic nitrogens is 4. The fraction of sp³-hybridized carbons (Fsp3) is 0.263. The normalized spacial score (nSPS) is 11.7. The van der Waals surface area contributed by atoms with Gasteiger partial charge in [0.1, 0.15) is 5.82 Å². The summed E-state index contributed by atoms with van der Waals surface area (Å²) in [6.07, 6.45) is 0. The number of nitrogens with zero attached hydrogens (tertiary/aromatic N) is 5. The van der Waals surface area contributed by atoms with Gasteiger partial charge in [0.25, 0.3) is 5.91 Å². The SMILES string of the molecule is Cc1cc(C(=O)Nc2cc(-n3nnnc3C)ccc2F)cc(S(=O)(=O)N(C)C)c1C. The number of tetrazole rings is 1. The largest absolute Gasteiger partial charge is 0.319 e. The number of carbonyl (C=O) groups is 1. The highest BCUT2D eigenvalue weighted by molar-refractivity contribution is 7.89. The summed E-state index contributed by atoms with van der Waals surface area (Å²) in [6.45, 7) is 5.07. The molecule has 11 heteroatoms. The van der Waals surface area contributed by atoms with E-state index in [0.717, 1.165) is 4.31 Å². The van der Waals surface area contributed by atoms with Gasteiger partial charge in [-0.3, -0.25) is 4.79 Å². The Kier molecular flexibility index (Phi) is 5.68. The van der Waals surface area contributed by atoms with E-state index in [4.69, 9.17) is 0 Å². The molecular formula is C19H21FN6O3S. The van der Waals surface area contributed by atoms with Gasteiger partial charge in [-0.2, -0.15) is 4.68 Å².